The van der Waals surface area contributed by atoms with Gasteiger partial charge in [-0.1, -0.05) is 158 Å². The van der Waals surface area contributed by atoms with Crippen LogP contribution < -0.4 is 0 Å². The van der Waals surface area contributed by atoms with Crippen LogP contribution in [-0.2, 0) is 0 Å². The van der Waals surface area contributed by atoms with E-state index in [9.17, 15) is 1.37 Å². The lowest BCUT2D eigenvalue weighted by molar-refractivity contribution is 0.672. The Labute approximate surface area is 288 Å². The quantitative estimate of drug-likeness (QED) is 0.177. The van der Waals surface area contributed by atoms with Crippen molar-refractivity contribution in [2.75, 3.05) is 0 Å². The Morgan fingerprint density at radius 3 is 1.61 bits per heavy atom. The molecule has 228 valence electrons. The van der Waals surface area contributed by atoms with Crippen LogP contribution in [0.1, 0.15) is 4.11 Å². The van der Waals surface area contributed by atoms with Crippen molar-refractivity contribution in [1.82, 2.24) is 0 Å². The Hall–Kier alpha value is -6.44. The molecule has 0 aliphatic carbocycles. The first-order valence-electron chi connectivity index (χ1n) is 18.1. The van der Waals surface area contributed by atoms with Gasteiger partial charge in [-0.15, -0.1) is 0 Å². The number of hydrogen-bond donors (Lipinski definition) is 0. The van der Waals surface area contributed by atoms with E-state index in [1.807, 2.05) is 54.6 Å². The van der Waals surface area contributed by atoms with Gasteiger partial charge < -0.3 is 4.42 Å². The van der Waals surface area contributed by atoms with Gasteiger partial charge in [0.15, 0.2) is 0 Å². The Morgan fingerprint density at radius 1 is 0.347 bits per heavy atom. The van der Waals surface area contributed by atoms with Crippen molar-refractivity contribution in [1.29, 1.82) is 0 Å². The Morgan fingerprint density at radius 2 is 0.898 bits per heavy atom. The average Bonchev–Trinajstić information content (AvgIpc) is 3.61. The maximum Gasteiger partial charge on any atom is 0.143 e. The van der Waals surface area contributed by atoms with Gasteiger partial charge in [0.05, 0.1) is 4.11 Å². The van der Waals surface area contributed by atoms with Gasteiger partial charge in [0.1, 0.15) is 11.2 Å². The molecule has 0 N–H and O–H groups in total. The standard InChI is InChI=1S/C48H30O/c1-2-11-31(12-3-1)35-14-10-15-37(29-35)47-41-19-8-6-17-39(41)46(40-18-7-9-20-42(40)47)34-23-21-32(22-24-34)36-26-28-45-44(30-36)43-27-25-33-13-4-5-16-38(33)48(43)49-45/h1-30H/i26D,28D,30D. The van der Waals surface area contributed by atoms with E-state index in [1.54, 1.807) is 0 Å². The Kier molecular flexibility index (Phi) is 5.58. The molecule has 0 radical (unpaired) electrons. The summed E-state index contributed by atoms with van der Waals surface area (Å²) >= 11 is 0. The highest BCUT2D eigenvalue weighted by Gasteiger charge is 2.17. The highest BCUT2D eigenvalue weighted by atomic mass is 16.3. The van der Waals surface area contributed by atoms with E-state index in [2.05, 4.69) is 109 Å². The molecule has 10 aromatic rings. The fourth-order valence-corrected chi connectivity index (χ4v) is 7.50. The van der Waals surface area contributed by atoms with E-state index in [4.69, 9.17) is 7.16 Å². The van der Waals surface area contributed by atoms with Crippen LogP contribution in [0.3, 0.4) is 0 Å². The molecule has 9 aromatic carbocycles. The van der Waals surface area contributed by atoms with Crippen molar-refractivity contribution in [3.8, 4) is 44.5 Å². The van der Waals surface area contributed by atoms with Crippen molar-refractivity contribution in [2.24, 2.45) is 0 Å². The zero-order valence-corrected chi connectivity index (χ0v) is 26.5. The smallest absolute Gasteiger partial charge is 0.143 e. The van der Waals surface area contributed by atoms with Gasteiger partial charge in [-0.05, 0) is 95.7 Å². The summed E-state index contributed by atoms with van der Waals surface area (Å²) < 4.78 is 33.6. The first-order valence-corrected chi connectivity index (χ1v) is 16.6. The second-order valence-electron chi connectivity index (χ2n) is 12.6. The summed E-state index contributed by atoms with van der Waals surface area (Å²) in [5, 5.41) is 7.99. The number of rotatable bonds is 4. The molecular weight excluding hydrogens is 593 g/mol. The average molecular weight is 626 g/mol. The Balaban J connectivity index is 1.15. The predicted molar refractivity (Wildman–Crippen MR) is 208 cm³/mol. The third-order valence-electron chi connectivity index (χ3n) is 9.78. The summed E-state index contributed by atoms with van der Waals surface area (Å²) in [6, 6.07) is 56.9. The van der Waals surface area contributed by atoms with Crippen LogP contribution in [0.5, 0.6) is 0 Å². The number of hydrogen-bond acceptors (Lipinski definition) is 1. The van der Waals surface area contributed by atoms with Crippen LogP contribution in [0.2, 0.25) is 0 Å². The van der Waals surface area contributed by atoms with E-state index in [0.717, 1.165) is 43.6 Å². The molecule has 10 rings (SSSR count). The van der Waals surface area contributed by atoms with Crippen LogP contribution in [-0.4, -0.2) is 0 Å². The lowest BCUT2D eigenvalue weighted by Gasteiger charge is -2.18. The first-order chi connectivity index (χ1) is 25.6. The minimum atomic E-state index is -0.00778. The third-order valence-corrected chi connectivity index (χ3v) is 9.78. The monoisotopic (exact) mass is 625 g/mol. The molecule has 0 saturated heterocycles. The highest BCUT2D eigenvalue weighted by molar-refractivity contribution is 6.21. The molecule has 0 unspecified atom stereocenters. The second-order valence-corrected chi connectivity index (χ2v) is 12.6. The number of fused-ring (bicyclic) bond motifs is 7. The van der Waals surface area contributed by atoms with E-state index in [1.165, 1.54) is 33.0 Å². The summed E-state index contributed by atoms with van der Waals surface area (Å²) in [5.41, 5.74) is 9.03. The normalized spacial score (nSPS) is 12.5. The van der Waals surface area contributed by atoms with Gasteiger partial charge in [-0.3, -0.25) is 0 Å². The zero-order valence-electron chi connectivity index (χ0n) is 29.5. The van der Waals surface area contributed by atoms with Crippen LogP contribution in [0, 0.1) is 0 Å². The molecule has 49 heavy (non-hydrogen) atoms. The summed E-state index contributed by atoms with van der Waals surface area (Å²) in [6.07, 6.45) is 0. The zero-order chi connectivity index (χ0) is 34.9. The topological polar surface area (TPSA) is 13.1 Å². The molecule has 0 aliphatic heterocycles. The molecule has 0 atom stereocenters. The van der Waals surface area contributed by atoms with Crippen molar-refractivity contribution in [3.63, 3.8) is 0 Å². The lowest BCUT2D eigenvalue weighted by atomic mass is 9.85. The van der Waals surface area contributed by atoms with E-state index in [-0.39, 0.29) is 23.7 Å². The molecule has 0 fully saturated rings. The van der Waals surface area contributed by atoms with Gasteiger partial charge in [-0.2, -0.15) is 0 Å². The summed E-state index contributed by atoms with van der Waals surface area (Å²) in [4.78, 5) is 0. The molecule has 1 heteroatoms. The van der Waals surface area contributed by atoms with E-state index >= 15 is 0 Å². The lowest BCUT2D eigenvalue weighted by Crippen LogP contribution is -1.91. The van der Waals surface area contributed by atoms with Crippen molar-refractivity contribution in [2.45, 2.75) is 0 Å². The number of furan rings is 1. The van der Waals surface area contributed by atoms with Gasteiger partial charge >= 0.3 is 0 Å². The van der Waals surface area contributed by atoms with Crippen LogP contribution in [0.4, 0.5) is 0 Å². The molecule has 0 bridgehead atoms. The molecule has 0 amide bonds. The van der Waals surface area contributed by atoms with Crippen LogP contribution in [0.15, 0.2) is 186 Å². The van der Waals surface area contributed by atoms with E-state index in [0.29, 0.717) is 16.5 Å². The summed E-state index contributed by atoms with van der Waals surface area (Å²) in [6.45, 7) is 0. The maximum absolute atomic E-state index is 9.37. The van der Waals surface area contributed by atoms with Crippen LogP contribution in [0.25, 0.3) is 98.8 Å². The molecule has 0 spiro atoms. The first kappa shape index (κ1) is 24.7. The second kappa shape index (κ2) is 11.1. The number of benzene rings is 9. The molecule has 0 aliphatic rings. The summed E-state index contributed by atoms with van der Waals surface area (Å²) in [7, 11) is 0. The molecule has 0 saturated carbocycles. The maximum atomic E-state index is 9.37. The Bertz CT molecular complexity index is 2980. The molecular formula is C48H30O. The fraction of sp³-hybridized carbons (Fsp3) is 0. The van der Waals surface area contributed by atoms with Gasteiger partial charge in [0, 0.05) is 16.2 Å². The van der Waals surface area contributed by atoms with Crippen LogP contribution >= 0.6 is 0 Å². The largest absolute Gasteiger partial charge is 0.455 e. The summed E-state index contributed by atoms with van der Waals surface area (Å²) in [5.74, 6) is 0. The van der Waals surface area contributed by atoms with Gasteiger partial charge in [0.2, 0.25) is 0 Å². The molecule has 1 aromatic heterocycles. The van der Waals surface area contributed by atoms with E-state index < -0.39 is 0 Å². The minimum absolute atomic E-state index is 0.00531. The SMILES string of the molecule is [2H]c1c(-c2ccc(-c3c4ccccc4c(-c4cccc(-c5ccccc5)c4)c4ccccc34)cc2)c([2H])c2c(oc3c4ccccc4ccc32)c1[2H]. The van der Waals surface area contributed by atoms with Crippen molar-refractivity contribution < 1.29 is 8.53 Å². The molecule has 1 heterocycles. The minimum Gasteiger partial charge on any atom is -0.455 e. The predicted octanol–water partition coefficient (Wildman–Crippen LogP) is 13.7. The van der Waals surface area contributed by atoms with Crippen molar-refractivity contribution in [3.05, 3.63) is 182 Å². The highest BCUT2D eigenvalue weighted by Crippen LogP contribution is 2.44. The van der Waals surface area contributed by atoms with Gasteiger partial charge in [-0.25, -0.2) is 0 Å². The van der Waals surface area contributed by atoms with Crippen molar-refractivity contribution >= 4 is 54.3 Å². The molecule has 1 nitrogen and oxygen atoms in total. The van der Waals surface area contributed by atoms with Gasteiger partial charge in [0.25, 0.3) is 0 Å². The third kappa shape index (κ3) is 4.47. The fourth-order valence-electron chi connectivity index (χ4n) is 7.50.